The second-order valence-corrected chi connectivity index (χ2v) is 11.3. The van der Waals surface area contributed by atoms with Crippen molar-refractivity contribution < 1.29 is 23.8 Å². The number of rotatable bonds is 11. The molecule has 13 heteroatoms. The molecule has 2 aromatic heterocycles. The van der Waals surface area contributed by atoms with Crippen molar-refractivity contribution >= 4 is 50.3 Å². The van der Waals surface area contributed by atoms with Gasteiger partial charge >= 0.3 is 0 Å². The molecule has 5 rings (SSSR count). The fourth-order valence-electron chi connectivity index (χ4n) is 4.41. The van der Waals surface area contributed by atoms with Crippen LogP contribution in [-0.2, 0) is 11.3 Å². The van der Waals surface area contributed by atoms with Gasteiger partial charge in [-0.25, -0.2) is 4.98 Å². The van der Waals surface area contributed by atoms with Gasteiger partial charge in [0.25, 0.3) is 5.91 Å². The Morgan fingerprint density at radius 1 is 0.953 bits per heavy atom. The average molecular weight is 619 g/mol. The van der Waals surface area contributed by atoms with Gasteiger partial charge in [-0.05, 0) is 55.3 Å². The third-order valence-corrected chi connectivity index (χ3v) is 8.60. The first-order valence-electron chi connectivity index (χ1n) is 13.2. The molecule has 2 amide bonds. The molecule has 43 heavy (non-hydrogen) atoms. The fraction of sp³-hybridized carbons (Fsp3) is 0.233. The Bertz CT molecular complexity index is 1740. The molecule has 0 aliphatic heterocycles. The van der Waals surface area contributed by atoms with Crippen molar-refractivity contribution in [2.75, 3.05) is 32.4 Å². The van der Waals surface area contributed by atoms with Gasteiger partial charge in [-0.1, -0.05) is 47.4 Å². The molecule has 0 fully saturated rings. The number of carbonyl (C=O) groups is 2. The molecule has 0 spiro atoms. The molecule has 0 saturated carbocycles. The van der Waals surface area contributed by atoms with Gasteiger partial charge in [-0.3, -0.25) is 14.2 Å². The summed E-state index contributed by atoms with van der Waals surface area (Å²) < 4.78 is 19.0. The summed E-state index contributed by atoms with van der Waals surface area (Å²) in [6.45, 7) is 4.11. The Labute approximate surface area is 256 Å². The second-order valence-electron chi connectivity index (χ2n) is 9.37. The van der Waals surface area contributed by atoms with Crippen molar-refractivity contribution in [2.45, 2.75) is 25.5 Å². The minimum absolute atomic E-state index is 0.0777. The van der Waals surface area contributed by atoms with Crippen LogP contribution in [0.25, 0.3) is 15.9 Å². The standard InChI is InChI=1S/C30H30N6O5S2/c1-17-9-8-11-21(18(17)2)36-25(15-31-28(38)19-13-22(39-3)27(41-5)23(14-19)40-4)34-35-30(36)42-16-26(37)33-29-32-20-10-6-7-12-24(20)43-29/h6-14H,15-16H2,1-5H3,(H,31,38)(H,32,33,37). The number of hydrogen-bond acceptors (Lipinski definition) is 10. The smallest absolute Gasteiger partial charge is 0.251 e. The molecular formula is C30H30N6O5S2. The van der Waals surface area contributed by atoms with E-state index in [1.807, 2.05) is 60.9 Å². The maximum atomic E-state index is 13.2. The summed E-state index contributed by atoms with van der Waals surface area (Å²) in [6.07, 6.45) is 0. The fourth-order valence-corrected chi connectivity index (χ4v) is 6.06. The van der Waals surface area contributed by atoms with E-state index in [0.717, 1.165) is 27.0 Å². The Hall–Kier alpha value is -4.62. The number of ether oxygens (including phenoxy) is 3. The van der Waals surface area contributed by atoms with Crippen molar-refractivity contribution in [3.8, 4) is 22.9 Å². The summed E-state index contributed by atoms with van der Waals surface area (Å²) in [4.78, 5) is 30.5. The number of benzene rings is 3. The number of aryl methyl sites for hydroxylation is 1. The van der Waals surface area contributed by atoms with Crippen molar-refractivity contribution in [2.24, 2.45) is 0 Å². The van der Waals surface area contributed by atoms with Crippen LogP contribution in [0.2, 0.25) is 0 Å². The topological polar surface area (TPSA) is 129 Å². The number of anilines is 1. The summed E-state index contributed by atoms with van der Waals surface area (Å²) in [5.74, 6) is 1.16. The zero-order chi connectivity index (χ0) is 30.5. The highest BCUT2D eigenvalue weighted by Crippen LogP contribution is 2.38. The summed E-state index contributed by atoms with van der Waals surface area (Å²) in [5, 5.41) is 15.6. The van der Waals surface area contributed by atoms with E-state index in [0.29, 0.717) is 38.9 Å². The predicted octanol–water partition coefficient (Wildman–Crippen LogP) is 5.18. The van der Waals surface area contributed by atoms with E-state index in [9.17, 15) is 9.59 Å². The lowest BCUT2D eigenvalue weighted by molar-refractivity contribution is -0.113. The van der Waals surface area contributed by atoms with Crippen LogP contribution in [0.5, 0.6) is 17.2 Å². The molecule has 5 aromatic rings. The number of methoxy groups -OCH3 is 3. The first kappa shape index (κ1) is 29.9. The molecule has 0 aliphatic rings. The highest BCUT2D eigenvalue weighted by Gasteiger charge is 2.21. The number of thiazole rings is 1. The zero-order valence-electron chi connectivity index (χ0n) is 24.3. The molecule has 0 unspecified atom stereocenters. The van der Waals surface area contributed by atoms with Gasteiger partial charge in [-0.15, -0.1) is 10.2 Å². The number of fused-ring (bicyclic) bond motifs is 1. The van der Waals surface area contributed by atoms with Gasteiger partial charge in [0, 0.05) is 5.56 Å². The summed E-state index contributed by atoms with van der Waals surface area (Å²) in [7, 11) is 4.48. The van der Waals surface area contributed by atoms with Crippen LogP contribution < -0.4 is 24.8 Å². The second kappa shape index (κ2) is 13.1. The third-order valence-electron chi connectivity index (χ3n) is 6.72. The Morgan fingerprint density at radius 3 is 2.40 bits per heavy atom. The monoisotopic (exact) mass is 618 g/mol. The van der Waals surface area contributed by atoms with Gasteiger partial charge in [0.05, 0.1) is 49.5 Å². The maximum absolute atomic E-state index is 13.2. The molecule has 0 saturated heterocycles. The van der Waals surface area contributed by atoms with E-state index in [1.54, 1.807) is 12.1 Å². The highest BCUT2D eigenvalue weighted by molar-refractivity contribution is 7.99. The first-order chi connectivity index (χ1) is 20.8. The van der Waals surface area contributed by atoms with Gasteiger partial charge in [0.1, 0.15) is 0 Å². The van der Waals surface area contributed by atoms with E-state index in [4.69, 9.17) is 14.2 Å². The van der Waals surface area contributed by atoms with E-state index >= 15 is 0 Å². The molecule has 11 nitrogen and oxygen atoms in total. The summed E-state index contributed by atoms with van der Waals surface area (Å²) in [5.41, 5.74) is 4.14. The minimum atomic E-state index is -0.362. The SMILES string of the molecule is COc1cc(C(=O)NCc2nnc(SCC(=O)Nc3nc4ccccc4s3)n2-c2cccc(C)c2C)cc(OC)c1OC. The van der Waals surface area contributed by atoms with Crippen molar-refractivity contribution in [1.82, 2.24) is 25.1 Å². The lowest BCUT2D eigenvalue weighted by Gasteiger charge is -2.15. The quantitative estimate of drug-likeness (QED) is 0.192. The van der Waals surface area contributed by atoms with Crippen LogP contribution >= 0.6 is 23.1 Å². The Balaban J connectivity index is 1.36. The highest BCUT2D eigenvalue weighted by atomic mass is 32.2. The van der Waals surface area contributed by atoms with Crippen LogP contribution in [0.1, 0.15) is 27.3 Å². The van der Waals surface area contributed by atoms with Crippen molar-refractivity contribution in [3.05, 3.63) is 77.1 Å². The van der Waals surface area contributed by atoms with Crippen LogP contribution in [0.3, 0.4) is 0 Å². The molecule has 0 atom stereocenters. The van der Waals surface area contributed by atoms with Crippen LogP contribution in [0, 0.1) is 13.8 Å². The molecule has 0 bridgehead atoms. The number of para-hydroxylation sites is 1. The van der Waals surface area contributed by atoms with E-state index in [2.05, 4.69) is 25.8 Å². The van der Waals surface area contributed by atoms with Gasteiger partial charge < -0.3 is 24.8 Å². The number of carbonyl (C=O) groups excluding carboxylic acids is 2. The zero-order valence-corrected chi connectivity index (χ0v) is 25.9. The predicted molar refractivity (Wildman–Crippen MR) is 167 cm³/mol. The number of thioether (sulfide) groups is 1. The Kier molecular flexibility index (Phi) is 9.12. The molecule has 0 radical (unpaired) electrons. The van der Waals surface area contributed by atoms with E-state index in [-0.39, 0.29) is 24.1 Å². The Morgan fingerprint density at radius 2 is 1.70 bits per heavy atom. The molecule has 0 aliphatic carbocycles. The number of aromatic nitrogens is 4. The number of nitrogens with zero attached hydrogens (tertiary/aromatic N) is 4. The van der Waals surface area contributed by atoms with E-state index in [1.165, 1.54) is 44.4 Å². The lowest BCUT2D eigenvalue weighted by atomic mass is 10.1. The molecule has 2 N–H and O–H groups in total. The summed E-state index contributed by atoms with van der Waals surface area (Å²) in [6, 6.07) is 16.8. The average Bonchev–Trinajstić information content (AvgIpc) is 3.62. The van der Waals surface area contributed by atoms with Crippen LogP contribution in [-0.4, -0.2) is 58.6 Å². The minimum Gasteiger partial charge on any atom is -0.493 e. The van der Waals surface area contributed by atoms with Gasteiger partial charge in [-0.2, -0.15) is 0 Å². The number of nitrogens with one attached hydrogen (secondary N) is 2. The normalized spacial score (nSPS) is 10.9. The van der Waals surface area contributed by atoms with Gasteiger partial charge in [0.2, 0.25) is 11.7 Å². The molecular weight excluding hydrogens is 589 g/mol. The van der Waals surface area contributed by atoms with Crippen molar-refractivity contribution in [1.29, 1.82) is 0 Å². The van der Waals surface area contributed by atoms with Crippen LogP contribution in [0.15, 0.2) is 59.8 Å². The summed E-state index contributed by atoms with van der Waals surface area (Å²) >= 11 is 2.67. The first-order valence-corrected chi connectivity index (χ1v) is 15.0. The van der Waals surface area contributed by atoms with E-state index < -0.39 is 0 Å². The third kappa shape index (κ3) is 6.42. The largest absolute Gasteiger partial charge is 0.493 e. The lowest BCUT2D eigenvalue weighted by Crippen LogP contribution is -2.25. The molecule has 3 aromatic carbocycles. The van der Waals surface area contributed by atoms with Crippen LogP contribution in [0.4, 0.5) is 5.13 Å². The molecule has 222 valence electrons. The molecule has 2 heterocycles. The number of amides is 2. The maximum Gasteiger partial charge on any atom is 0.251 e. The van der Waals surface area contributed by atoms with Gasteiger partial charge in [0.15, 0.2) is 27.6 Å². The van der Waals surface area contributed by atoms with Crippen molar-refractivity contribution in [3.63, 3.8) is 0 Å². The number of hydrogen-bond donors (Lipinski definition) is 2.